The summed E-state index contributed by atoms with van der Waals surface area (Å²) in [5.74, 6) is -1.33. The summed E-state index contributed by atoms with van der Waals surface area (Å²) in [7, 11) is 0. The number of aliphatic carboxylic acids is 1. The maximum Gasteiger partial charge on any atom is 0.317 e. The first-order valence-corrected chi connectivity index (χ1v) is 6.11. The van der Waals surface area contributed by atoms with E-state index in [1.54, 1.807) is 24.1 Å². The molecule has 2 N–H and O–H groups in total. The van der Waals surface area contributed by atoms with E-state index in [4.69, 9.17) is 5.11 Å². The van der Waals surface area contributed by atoms with E-state index in [1.165, 1.54) is 6.33 Å². The summed E-state index contributed by atoms with van der Waals surface area (Å²) >= 11 is 0. The Hall–Kier alpha value is -2.18. The number of hydrogen-bond donors (Lipinski definition) is 2. The molecular formula is C12H16N4O3. The molecular weight excluding hydrogens is 248 g/mol. The van der Waals surface area contributed by atoms with E-state index in [0.29, 0.717) is 25.2 Å². The first-order chi connectivity index (χ1) is 9.09. The number of hydrogen-bond acceptors (Lipinski definition) is 4. The predicted octanol–water partition coefficient (Wildman–Crippen LogP) is 0.481. The van der Waals surface area contributed by atoms with Crippen LogP contribution in [0.5, 0.6) is 0 Å². The zero-order chi connectivity index (χ0) is 13.8. The number of aromatic nitrogens is 2. The monoisotopic (exact) mass is 264 g/mol. The van der Waals surface area contributed by atoms with Gasteiger partial charge < -0.3 is 15.3 Å². The summed E-state index contributed by atoms with van der Waals surface area (Å²) in [6.07, 6.45) is 3.52. The molecule has 19 heavy (non-hydrogen) atoms. The van der Waals surface area contributed by atoms with Gasteiger partial charge in [0.1, 0.15) is 6.33 Å². The number of nitrogens with zero attached hydrogens (tertiary/aromatic N) is 3. The fourth-order valence-corrected chi connectivity index (χ4v) is 2.25. The zero-order valence-electron chi connectivity index (χ0n) is 10.6. The van der Waals surface area contributed by atoms with Gasteiger partial charge in [-0.05, 0) is 19.4 Å². The van der Waals surface area contributed by atoms with Crippen molar-refractivity contribution < 1.29 is 14.7 Å². The molecule has 1 aromatic heterocycles. The van der Waals surface area contributed by atoms with Crippen LogP contribution < -0.4 is 5.32 Å². The van der Waals surface area contributed by atoms with Crippen LogP contribution in [0.25, 0.3) is 0 Å². The molecule has 7 nitrogen and oxygen atoms in total. The lowest BCUT2D eigenvalue weighted by Gasteiger charge is -2.23. The van der Waals surface area contributed by atoms with Crippen LogP contribution in [0, 0.1) is 5.92 Å². The number of carboxylic acid groups (broad SMARTS) is 1. The molecule has 2 atom stereocenters. The second kappa shape index (κ2) is 5.64. The van der Waals surface area contributed by atoms with Gasteiger partial charge in [0.05, 0.1) is 18.2 Å². The van der Waals surface area contributed by atoms with E-state index in [2.05, 4.69) is 15.3 Å². The van der Waals surface area contributed by atoms with Crippen molar-refractivity contribution in [1.82, 2.24) is 20.2 Å². The minimum atomic E-state index is -0.849. The van der Waals surface area contributed by atoms with Crippen LogP contribution >= 0.6 is 0 Å². The summed E-state index contributed by atoms with van der Waals surface area (Å²) in [5, 5.41) is 11.8. The van der Waals surface area contributed by atoms with Gasteiger partial charge in [-0.2, -0.15) is 0 Å². The number of rotatable bonds is 3. The minimum Gasteiger partial charge on any atom is -0.481 e. The Labute approximate surface area is 110 Å². The number of carbonyl (C=O) groups excluding carboxylic acids is 1. The van der Waals surface area contributed by atoms with Crippen molar-refractivity contribution in [1.29, 1.82) is 0 Å². The number of urea groups is 1. The highest BCUT2D eigenvalue weighted by Gasteiger charge is 2.37. The Morgan fingerprint density at radius 3 is 2.95 bits per heavy atom. The average Bonchev–Trinajstić information content (AvgIpc) is 2.79. The predicted molar refractivity (Wildman–Crippen MR) is 66.2 cm³/mol. The van der Waals surface area contributed by atoms with Crippen LogP contribution in [0.3, 0.4) is 0 Å². The SMILES string of the molecule is CC1C(C(=O)O)CCN1C(=O)NCc1ccncn1. The fraction of sp³-hybridized carbons (Fsp3) is 0.500. The molecule has 2 rings (SSSR count). The van der Waals surface area contributed by atoms with E-state index >= 15 is 0 Å². The third-order valence-corrected chi connectivity index (χ3v) is 3.40. The Bertz CT molecular complexity index is 465. The number of amides is 2. The lowest BCUT2D eigenvalue weighted by molar-refractivity contribution is -0.142. The van der Waals surface area contributed by atoms with Gasteiger partial charge in [-0.25, -0.2) is 14.8 Å². The van der Waals surface area contributed by atoms with Crippen molar-refractivity contribution in [3.63, 3.8) is 0 Å². The second-order valence-electron chi connectivity index (χ2n) is 4.53. The van der Waals surface area contributed by atoms with Gasteiger partial charge in [0.2, 0.25) is 0 Å². The smallest absolute Gasteiger partial charge is 0.317 e. The van der Waals surface area contributed by atoms with E-state index < -0.39 is 11.9 Å². The fourth-order valence-electron chi connectivity index (χ4n) is 2.25. The van der Waals surface area contributed by atoms with Gasteiger partial charge in [0.25, 0.3) is 0 Å². The Balaban J connectivity index is 1.89. The summed E-state index contributed by atoms with van der Waals surface area (Å²) in [4.78, 5) is 32.3. The van der Waals surface area contributed by atoms with Crippen LogP contribution in [0.1, 0.15) is 19.0 Å². The number of nitrogens with one attached hydrogen (secondary N) is 1. The first kappa shape index (κ1) is 13.3. The largest absolute Gasteiger partial charge is 0.481 e. The Morgan fingerprint density at radius 2 is 2.37 bits per heavy atom. The van der Waals surface area contributed by atoms with Crippen LogP contribution in [0.4, 0.5) is 4.79 Å². The molecule has 0 saturated carbocycles. The molecule has 1 aromatic rings. The topological polar surface area (TPSA) is 95.4 Å². The van der Waals surface area contributed by atoms with Gasteiger partial charge >= 0.3 is 12.0 Å². The maximum atomic E-state index is 12.0. The molecule has 2 amide bonds. The van der Waals surface area contributed by atoms with Crippen LogP contribution in [0.15, 0.2) is 18.6 Å². The third kappa shape index (κ3) is 2.98. The van der Waals surface area contributed by atoms with E-state index in [-0.39, 0.29) is 12.1 Å². The van der Waals surface area contributed by atoms with Crippen LogP contribution in [-0.4, -0.2) is 44.6 Å². The highest BCUT2D eigenvalue weighted by molar-refractivity contribution is 5.78. The number of likely N-dealkylation sites (tertiary alicyclic amines) is 1. The van der Waals surface area contributed by atoms with Crippen molar-refractivity contribution in [2.24, 2.45) is 5.92 Å². The van der Waals surface area contributed by atoms with Gasteiger partial charge in [-0.3, -0.25) is 4.79 Å². The average molecular weight is 264 g/mol. The standard InChI is InChI=1S/C12H16N4O3/c1-8-10(11(17)18)3-5-16(8)12(19)14-6-9-2-4-13-7-15-9/h2,4,7-8,10H,3,5-6H2,1H3,(H,14,19)(H,17,18). The third-order valence-electron chi connectivity index (χ3n) is 3.40. The first-order valence-electron chi connectivity index (χ1n) is 6.11. The molecule has 1 aliphatic rings. The lowest BCUT2D eigenvalue weighted by atomic mass is 10.0. The van der Waals surface area contributed by atoms with Crippen molar-refractivity contribution in [3.05, 3.63) is 24.3 Å². The molecule has 0 aliphatic carbocycles. The van der Waals surface area contributed by atoms with Crippen molar-refractivity contribution >= 4 is 12.0 Å². The van der Waals surface area contributed by atoms with Crippen LogP contribution in [-0.2, 0) is 11.3 Å². The van der Waals surface area contributed by atoms with Crippen molar-refractivity contribution in [2.45, 2.75) is 25.9 Å². The number of carbonyl (C=O) groups is 2. The molecule has 102 valence electrons. The summed E-state index contributed by atoms with van der Waals surface area (Å²) in [6, 6.07) is 1.17. The van der Waals surface area contributed by atoms with Crippen molar-refractivity contribution in [2.75, 3.05) is 6.54 Å². The van der Waals surface area contributed by atoms with Gasteiger partial charge in [0.15, 0.2) is 0 Å². The number of carboxylic acids is 1. The normalized spacial score (nSPS) is 22.3. The molecule has 2 heterocycles. The van der Waals surface area contributed by atoms with E-state index in [1.807, 2.05) is 0 Å². The van der Waals surface area contributed by atoms with Gasteiger partial charge in [-0.15, -0.1) is 0 Å². The molecule has 2 unspecified atom stereocenters. The summed E-state index contributed by atoms with van der Waals surface area (Å²) in [5.41, 5.74) is 0.713. The Kier molecular flexibility index (Phi) is 3.94. The summed E-state index contributed by atoms with van der Waals surface area (Å²) in [6.45, 7) is 2.53. The van der Waals surface area contributed by atoms with Crippen molar-refractivity contribution in [3.8, 4) is 0 Å². The minimum absolute atomic E-state index is 0.255. The molecule has 0 bridgehead atoms. The molecule has 1 saturated heterocycles. The second-order valence-corrected chi connectivity index (χ2v) is 4.53. The zero-order valence-corrected chi connectivity index (χ0v) is 10.6. The quantitative estimate of drug-likeness (QED) is 0.828. The summed E-state index contributed by atoms with van der Waals surface area (Å²) < 4.78 is 0. The highest BCUT2D eigenvalue weighted by atomic mass is 16.4. The maximum absolute atomic E-state index is 12.0. The lowest BCUT2D eigenvalue weighted by Crippen LogP contribution is -2.43. The molecule has 7 heteroatoms. The van der Waals surface area contributed by atoms with Gasteiger partial charge in [-0.1, -0.05) is 0 Å². The molecule has 0 radical (unpaired) electrons. The van der Waals surface area contributed by atoms with E-state index in [0.717, 1.165) is 0 Å². The van der Waals surface area contributed by atoms with E-state index in [9.17, 15) is 9.59 Å². The highest BCUT2D eigenvalue weighted by Crippen LogP contribution is 2.24. The molecule has 0 aromatic carbocycles. The van der Waals surface area contributed by atoms with Gasteiger partial charge in [0, 0.05) is 18.8 Å². The van der Waals surface area contributed by atoms with Crippen LogP contribution in [0.2, 0.25) is 0 Å². The molecule has 1 fully saturated rings. The Morgan fingerprint density at radius 1 is 1.58 bits per heavy atom. The molecule has 1 aliphatic heterocycles. The molecule has 0 spiro atoms.